The molecule has 204 valence electrons. The van der Waals surface area contributed by atoms with Gasteiger partial charge in [0.1, 0.15) is 0 Å². The smallest absolute Gasteiger partial charge is 0.0837 e. The molecular formula is C31H37N5O2S. The minimum Gasteiger partial charge on any atom is -0.395 e. The Bertz CT molecular complexity index is 1490. The van der Waals surface area contributed by atoms with E-state index in [9.17, 15) is 0 Å². The molecule has 5 aromatic rings. The third-order valence-electron chi connectivity index (χ3n) is 6.92. The average Bonchev–Trinajstić information content (AvgIpc) is 3.54. The maximum atomic E-state index is 9.11. The molecular weight excluding hydrogens is 506 g/mol. The average molecular weight is 544 g/mol. The summed E-state index contributed by atoms with van der Waals surface area (Å²) in [6.45, 7) is 6.28. The molecule has 3 heterocycles. The summed E-state index contributed by atoms with van der Waals surface area (Å²) in [6.07, 6.45) is 3.98. The van der Waals surface area contributed by atoms with Gasteiger partial charge in [-0.2, -0.15) is 0 Å². The Balaban J connectivity index is 1.17. The normalized spacial score (nSPS) is 11.7. The summed E-state index contributed by atoms with van der Waals surface area (Å²) in [4.78, 5) is 11.3. The second-order valence-corrected chi connectivity index (χ2v) is 11.0. The van der Waals surface area contributed by atoms with Crippen LogP contribution in [-0.4, -0.2) is 64.5 Å². The van der Waals surface area contributed by atoms with Crippen LogP contribution in [0, 0.1) is 6.92 Å². The number of hydrogen-bond acceptors (Lipinski definition) is 7. The van der Waals surface area contributed by atoms with Gasteiger partial charge in [0.25, 0.3) is 0 Å². The summed E-state index contributed by atoms with van der Waals surface area (Å²) in [7, 11) is 0. The summed E-state index contributed by atoms with van der Waals surface area (Å²) in [5, 5.41) is 26.6. The molecule has 0 amide bonds. The first-order valence-electron chi connectivity index (χ1n) is 13.6. The maximum absolute atomic E-state index is 9.11. The number of fused-ring (bicyclic) bond motifs is 2. The molecule has 3 aromatic heterocycles. The molecule has 0 aliphatic heterocycles. The van der Waals surface area contributed by atoms with Crippen molar-refractivity contribution in [3.63, 3.8) is 0 Å². The van der Waals surface area contributed by atoms with Gasteiger partial charge in [-0.25, -0.2) is 0 Å². The van der Waals surface area contributed by atoms with E-state index in [0.29, 0.717) is 13.1 Å². The highest BCUT2D eigenvalue weighted by Crippen LogP contribution is 2.37. The zero-order valence-electron chi connectivity index (χ0n) is 22.4. The van der Waals surface area contributed by atoms with Gasteiger partial charge in [-0.05, 0) is 80.4 Å². The number of aliphatic hydroxyl groups excluding tert-OH is 2. The van der Waals surface area contributed by atoms with Gasteiger partial charge in [0.15, 0.2) is 0 Å². The van der Waals surface area contributed by atoms with Crippen LogP contribution in [0.25, 0.3) is 31.6 Å². The van der Waals surface area contributed by atoms with E-state index < -0.39 is 0 Å². The van der Waals surface area contributed by atoms with Crippen LogP contribution in [0.1, 0.15) is 24.1 Å². The Morgan fingerprint density at radius 2 is 1.74 bits per heavy atom. The number of rotatable bonds is 14. The summed E-state index contributed by atoms with van der Waals surface area (Å²) in [5.74, 6) is 0. The van der Waals surface area contributed by atoms with E-state index in [1.54, 1.807) is 11.3 Å². The van der Waals surface area contributed by atoms with Crippen LogP contribution in [0.15, 0.2) is 66.9 Å². The second kappa shape index (κ2) is 13.2. The number of benzene rings is 2. The van der Waals surface area contributed by atoms with Crippen LogP contribution in [0.4, 0.5) is 11.4 Å². The van der Waals surface area contributed by atoms with E-state index in [1.807, 2.05) is 12.3 Å². The quantitative estimate of drug-likeness (QED) is 0.116. The molecule has 0 saturated heterocycles. The van der Waals surface area contributed by atoms with E-state index in [2.05, 4.69) is 87.0 Å². The standard InChI is InChI=1S/C31H37N5O2S/c1-22-18-25-19-26(8-9-27(25)34-22)35-28-10-12-33-29-20-30(39-31(28)29)24-6-4-23(5-7-24)21-32-11-2-3-13-36(14-16-37)15-17-38/h4-10,12,18-20,32,34,37-38H,2-3,11,13-17,21H2,1H3,(H,33,35). The van der Waals surface area contributed by atoms with E-state index in [0.717, 1.165) is 65.3 Å². The third-order valence-corrected chi connectivity index (χ3v) is 8.13. The van der Waals surface area contributed by atoms with E-state index in [4.69, 9.17) is 10.2 Å². The largest absolute Gasteiger partial charge is 0.395 e. The number of aryl methyl sites for hydroxylation is 1. The second-order valence-electron chi connectivity index (χ2n) is 9.93. The first-order chi connectivity index (χ1) is 19.1. The fourth-order valence-electron chi connectivity index (χ4n) is 4.91. The van der Waals surface area contributed by atoms with Gasteiger partial charge >= 0.3 is 0 Å². The van der Waals surface area contributed by atoms with Crippen molar-refractivity contribution in [1.82, 2.24) is 20.2 Å². The number of nitrogens with zero attached hydrogens (tertiary/aromatic N) is 2. The molecule has 5 rings (SSSR count). The van der Waals surface area contributed by atoms with Crippen molar-refractivity contribution in [2.75, 3.05) is 44.7 Å². The summed E-state index contributed by atoms with van der Waals surface area (Å²) in [5.41, 5.74) is 7.90. The number of aromatic nitrogens is 2. The molecule has 8 heteroatoms. The highest BCUT2D eigenvalue weighted by atomic mass is 32.1. The van der Waals surface area contributed by atoms with Crippen LogP contribution in [-0.2, 0) is 6.54 Å². The van der Waals surface area contributed by atoms with E-state index in [-0.39, 0.29) is 13.2 Å². The van der Waals surface area contributed by atoms with Gasteiger partial charge in [-0.3, -0.25) is 9.88 Å². The number of thiophene rings is 1. The number of unbranched alkanes of at least 4 members (excludes halogenated alkanes) is 1. The van der Waals surface area contributed by atoms with Crippen LogP contribution in [0.5, 0.6) is 0 Å². The summed E-state index contributed by atoms with van der Waals surface area (Å²) < 4.78 is 1.15. The van der Waals surface area contributed by atoms with E-state index >= 15 is 0 Å². The number of aromatic amines is 1. The van der Waals surface area contributed by atoms with Crippen LogP contribution in [0.3, 0.4) is 0 Å². The van der Waals surface area contributed by atoms with Crippen LogP contribution in [0.2, 0.25) is 0 Å². The van der Waals surface area contributed by atoms with Crippen LogP contribution >= 0.6 is 11.3 Å². The Morgan fingerprint density at radius 1 is 0.923 bits per heavy atom. The number of nitrogens with one attached hydrogen (secondary N) is 3. The monoisotopic (exact) mass is 543 g/mol. The molecule has 2 aromatic carbocycles. The Labute approximate surface area is 233 Å². The van der Waals surface area contributed by atoms with Gasteiger partial charge in [0.05, 0.1) is 29.1 Å². The SMILES string of the molecule is Cc1cc2cc(Nc3ccnc4cc(-c5ccc(CNCCCCN(CCO)CCO)cc5)sc34)ccc2[nH]1. The van der Waals surface area contributed by atoms with Crippen molar-refractivity contribution < 1.29 is 10.2 Å². The molecule has 0 unspecified atom stereocenters. The van der Waals surface area contributed by atoms with Gasteiger partial charge < -0.3 is 25.8 Å². The number of anilines is 2. The van der Waals surface area contributed by atoms with Crippen LogP contribution < -0.4 is 10.6 Å². The van der Waals surface area contributed by atoms with Crippen molar-refractivity contribution in [2.24, 2.45) is 0 Å². The van der Waals surface area contributed by atoms with Crippen molar-refractivity contribution >= 4 is 43.8 Å². The molecule has 39 heavy (non-hydrogen) atoms. The highest BCUT2D eigenvalue weighted by molar-refractivity contribution is 7.22. The predicted octanol–water partition coefficient (Wildman–Crippen LogP) is 5.65. The van der Waals surface area contributed by atoms with E-state index in [1.165, 1.54) is 21.4 Å². The summed E-state index contributed by atoms with van der Waals surface area (Å²) >= 11 is 1.76. The third kappa shape index (κ3) is 7.03. The fraction of sp³-hybridized carbons (Fsp3) is 0.323. The minimum absolute atomic E-state index is 0.134. The molecule has 0 atom stereocenters. The fourth-order valence-corrected chi connectivity index (χ4v) is 6.00. The van der Waals surface area contributed by atoms with Crippen molar-refractivity contribution in [1.29, 1.82) is 0 Å². The molecule has 0 bridgehead atoms. The van der Waals surface area contributed by atoms with Crippen molar-refractivity contribution in [3.05, 3.63) is 78.1 Å². The minimum atomic E-state index is 0.134. The predicted molar refractivity (Wildman–Crippen MR) is 163 cm³/mol. The topological polar surface area (TPSA) is 96.4 Å². The molecule has 0 spiro atoms. The maximum Gasteiger partial charge on any atom is 0.0837 e. The van der Waals surface area contributed by atoms with Gasteiger partial charge in [-0.1, -0.05) is 24.3 Å². The summed E-state index contributed by atoms with van der Waals surface area (Å²) in [6, 6.07) is 21.6. The molecule has 7 nitrogen and oxygen atoms in total. The lowest BCUT2D eigenvalue weighted by molar-refractivity contribution is 0.159. The Hall–Kier alpha value is -3.27. The molecule has 0 fully saturated rings. The van der Waals surface area contributed by atoms with Crippen molar-refractivity contribution in [3.8, 4) is 10.4 Å². The van der Waals surface area contributed by atoms with Crippen molar-refractivity contribution in [2.45, 2.75) is 26.3 Å². The Morgan fingerprint density at radius 3 is 2.54 bits per heavy atom. The molecule has 0 saturated carbocycles. The number of pyridine rings is 1. The van der Waals surface area contributed by atoms with Gasteiger partial charge in [0, 0.05) is 53.0 Å². The number of aliphatic hydroxyl groups is 2. The molecule has 0 radical (unpaired) electrons. The first kappa shape index (κ1) is 27.3. The first-order valence-corrected chi connectivity index (χ1v) is 14.4. The molecule has 0 aliphatic carbocycles. The zero-order valence-corrected chi connectivity index (χ0v) is 23.2. The Kier molecular flexibility index (Phi) is 9.23. The highest BCUT2D eigenvalue weighted by Gasteiger charge is 2.10. The lowest BCUT2D eigenvalue weighted by Gasteiger charge is -2.19. The zero-order chi connectivity index (χ0) is 27.0. The number of H-pyrrole nitrogens is 1. The molecule has 0 aliphatic rings. The lowest BCUT2D eigenvalue weighted by Crippen LogP contribution is -2.31. The van der Waals surface area contributed by atoms with Gasteiger partial charge in [-0.15, -0.1) is 11.3 Å². The molecule has 5 N–H and O–H groups in total. The number of hydrogen-bond donors (Lipinski definition) is 5. The lowest BCUT2D eigenvalue weighted by atomic mass is 10.1. The van der Waals surface area contributed by atoms with Gasteiger partial charge in [0.2, 0.25) is 0 Å².